The molecular formula is C23H26N6O2. The fraction of sp³-hybridized carbons (Fsp3) is 0.304. The van der Waals surface area contributed by atoms with Crippen LogP contribution in [0.25, 0.3) is 0 Å². The summed E-state index contributed by atoms with van der Waals surface area (Å²) in [5.41, 5.74) is 7.27. The highest BCUT2D eigenvalue weighted by molar-refractivity contribution is 5.95. The lowest BCUT2D eigenvalue weighted by Crippen LogP contribution is -2.65. The number of hydrogen-bond donors (Lipinski definition) is 3. The van der Waals surface area contributed by atoms with Gasteiger partial charge in [-0.05, 0) is 38.0 Å². The molecule has 1 aliphatic rings. The highest BCUT2D eigenvalue weighted by atomic mass is 16.2. The van der Waals surface area contributed by atoms with Gasteiger partial charge in [-0.15, -0.1) is 0 Å². The first-order chi connectivity index (χ1) is 14.9. The second-order valence-corrected chi connectivity index (χ2v) is 8.20. The van der Waals surface area contributed by atoms with E-state index in [0.29, 0.717) is 31.2 Å². The zero-order chi connectivity index (χ0) is 22.0. The third-order valence-corrected chi connectivity index (χ3v) is 5.61. The summed E-state index contributed by atoms with van der Waals surface area (Å²) in [6.07, 6.45) is 2.28. The maximum atomic E-state index is 13.4. The van der Waals surface area contributed by atoms with Crippen LogP contribution in [0, 0.1) is 12.3 Å². The van der Waals surface area contributed by atoms with Crippen molar-refractivity contribution in [2.75, 3.05) is 18.8 Å². The minimum Gasteiger partial charge on any atom is -0.384 e. The maximum absolute atomic E-state index is 13.4. The summed E-state index contributed by atoms with van der Waals surface area (Å²) >= 11 is 0. The number of nitrogen functional groups attached to an aromatic ring is 1. The number of H-pyrrole nitrogens is 1. The average Bonchev–Trinajstić information content (AvgIpc) is 3.17. The molecule has 4 rings (SSSR count). The van der Waals surface area contributed by atoms with Crippen LogP contribution >= 0.6 is 0 Å². The number of aromatic amines is 1. The Morgan fingerprint density at radius 1 is 1.19 bits per heavy atom. The number of nitrogens with one attached hydrogen (secondary N) is 2. The van der Waals surface area contributed by atoms with Crippen molar-refractivity contribution in [2.24, 2.45) is 5.41 Å². The average molecular weight is 419 g/mol. The predicted molar refractivity (Wildman–Crippen MR) is 117 cm³/mol. The molecule has 1 aliphatic heterocycles. The monoisotopic (exact) mass is 418 g/mol. The number of amides is 2. The molecule has 0 radical (unpaired) electrons. The molecule has 0 aliphatic carbocycles. The Hall–Kier alpha value is -3.68. The van der Waals surface area contributed by atoms with Crippen LogP contribution in [0.4, 0.5) is 5.82 Å². The summed E-state index contributed by atoms with van der Waals surface area (Å²) in [5.74, 6) is 0.681. The lowest BCUT2D eigenvalue weighted by atomic mass is 9.73. The van der Waals surface area contributed by atoms with Gasteiger partial charge in [-0.2, -0.15) is 0 Å². The molecule has 3 aromatic rings. The van der Waals surface area contributed by atoms with Gasteiger partial charge in [0.15, 0.2) is 0 Å². The molecule has 160 valence electrons. The molecule has 4 N–H and O–H groups in total. The Bertz CT molecular complexity index is 1090. The normalized spacial score (nSPS) is 15.7. The molecule has 1 saturated heterocycles. The number of rotatable bonds is 6. The molecule has 1 aromatic carbocycles. The summed E-state index contributed by atoms with van der Waals surface area (Å²) in [7, 11) is 0. The van der Waals surface area contributed by atoms with E-state index < -0.39 is 5.41 Å². The number of imidazole rings is 1. The van der Waals surface area contributed by atoms with E-state index in [0.717, 1.165) is 11.3 Å². The van der Waals surface area contributed by atoms with E-state index in [2.05, 4.69) is 20.3 Å². The SMILES string of the molecule is Cc1cnc(C(C)NC(=O)C2(Cc3ccccc3)CN(C(=O)c3cccc(N)n3)C2)[nH]1. The van der Waals surface area contributed by atoms with E-state index >= 15 is 0 Å². The van der Waals surface area contributed by atoms with Gasteiger partial charge in [0.1, 0.15) is 17.3 Å². The number of aryl methyl sites for hydroxylation is 1. The Morgan fingerprint density at radius 3 is 2.58 bits per heavy atom. The fourth-order valence-electron chi connectivity index (χ4n) is 3.95. The summed E-state index contributed by atoms with van der Waals surface area (Å²) in [6, 6.07) is 14.5. The number of aromatic nitrogens is 3. The van der Waals surface area contributed by atoms with E-state index in [1.54, 1.807) is 29.3 Å². The molecule has 8 heteroatoms. The quantitative estimate of drug-likeness (QED) is 0.568. The van der Waals surface area contributed by atoms with Crippen molar-refractivity contribution in [1.82, 2.24) is 25.2 Å². The first-order valence-corrected chi connectivity index (χ1v) is 10.2. The topological polar surface area (TPSA) is 117 Å². The van der Waals surface area contributed by atoms with Crippen molar-refractivity contribution in [2.45, 2.75) is 26.3 Å². The Balaban J connectivity index is 1.52. The van der Waals surface area contributed by atoms with E-state index in [1.807, 2.05) is 44.2 Å². The zero-order valence-electron chi connectivity index (χ0n) is 17.6. The molecule has 8 nitrogen and oxygen atoms in total. The first-order valence-electron chi connectivity index (χ1n) is 10.2. The minimum atomic E-state index is -0.715. The molecule has 1 unspecified atom stereocenters. The third-order valence-electron chi connectivity index (χ3n) is 5.61. The van der Waals surface area contributed by atoms with Crippen molar-refractivity contribution < 1.29 is 9.59 Å². The Labute approximate surface area is 180 Å². The van der Waals surface area contributed by atoms with Gasteiger partial charge in [0.05, 0.1) is 11.5 Å². The van der Waals surface area contributed by atoms with Crippen molar-refractivity contribution in [3.05, 3.63) is 77.5 Å². The Morgan fingerprint density at radius 2 is 1.94 bits per heavy atom. The molecule has 1 atom stereocenters. The molecule has 0 spiro atoms. The van der Waals surface area contributed by atoms with Crippen molar-refractivity contribution in [3.8, 4) is 0 Å². The van der Waals surface area contributed by atoms with E-state index in [4.69, 9.17) is 5.73 Å². The highest BCUT2D eigenvalue weighted by Gasteiger charge is 2.51. The smallest absolute Gasteiger partial charge is 0.272 e. The van der Waals surface area contributed by atoms with Crippen LogP contribution in [-0.2, 0) is 11.2 Å². The number of pyridine rings is 1. The number of hydrogen-bond acceptors (Lipinski definition) is 5. The summed E-state index contributed by atoms with van der Waals surface area (Å²) < 4.78 is 0. The number of carbonyl (C=O) groups excluding carboxylic acids is 2. The molecule has 31 heavy (non-hydrogen) atoms. The van der Waals surface area contributed by atoms with Gasteiger partial charge in [-0.25, -0.2) is 9.97 Å². The van der Waals surface area contributed by atoms with Crippen molar-refractivity contribution >= 4 is 17.6 Å². The predicted octanol–water partition coefficient (Wildman–Crippen LogP) is 2.26. The van der Waals surface area contributed by atoms with Gasteiger partial charge in [-0.3, -0.25) is 9.59 Å². The van der Waals surface area contributed by atoms with Crippen LogP contribution in [0.15, 0.2) is 54.7 Å². The molecule has 0 saturated carbocycles. The second-order valence-electron chi connectivity index (χ2n) is 8.20. The maximum Gasteiger partial charge on any atom is 0.272 e. The lowest BCUT2D eigenvalue weighted by Gasteiger charge is -2.49. The van der Waals surface area contributed by atoms with Gasteiger partial charge in [0.25, 0.3) is 5.91 Å². The van der Waals surface area contributed by atoms with Gasteiger partial charge in [0.2, 0.25) is 5.91 Å². The van der Waals surface area contributed by atoms with Gasteiger partial charge in [0, 0.05) is 25.0 Å². The molecule has 0 bridgehead atoms. The van der Waals surface area contributed by atoms with Gasteiger partial charge >= 0.3 is 0 Å². The minimum absolute atomic E-state index is 0.0949. The van der Waals surface area contributed by atoms with Crippen LogP contribution in [0.3, 0.4) is 0 Å². The summed E-state index contributed by atoms with van der Waals surface area (Å²) in [6.45, 7) is 4.44. The number of likely N-dealkylation sites (tertiary alicyclic amines) is 1. The van der Waals surface area contributed by atoms with E-state index in [9.17, 15) is 9.59 Å². The molecule has 3 heterocycles. The van der Waals surface area contributed by atoms with Gasteiger partial charge < -0.3 is 20.9 Å². The van der Waals surface area contributed by atoms with E-state index in [1.165, 1.54) is 0 Å². The lowest BCUT2D eigenvalue weighted by molar-refractivity contribution is -0.140. The summed E-state index contributed by atoms with van der Waals surface area (Å²) in [5, 5.41) is 3.07. The second kappa shape index (κ2) is 8.22. The van der Waals surface area contributed by atoms with Crippen LogP contribution in [0.5, 0.6) is 0 Å². The van der Waals surface area contributed by atoms with Crippen LogP contribution in [0.2, 0.25) is 0 Å². The number of carbonyl (C=O) groups is 2. The molecular weight excluding hydrogens is 392 g/mol. The fourth-order valence-corrected chi connectivity index (χ4v) is 3.95. The van der Waals surface area contributed by atoms with E-state index in [-0.39, 0.29) is 23.6 Å². The Kier molecular flexibility index (Phi) is 5.46. The molecule has 2 aromatic heterocycles. The third kappa shape index (κ3) is 4.28. The van der Waals surface area contributed by atoms with Crippen LogP contribution < -0.4 is 11.1 Å². The molecule has 2 amide bonds. The number of anilines is 1. The van der Waals surface area contributed by atoms with Gasteiger partial charge in [-0.1, -0.05) is 36.4 Å². The number of benzene rings is 1. The van der Waals surface area contributed by atoms with Crippen LogP contribution in [0.1, 0.15) is 40.5 Å². The standard InChI is InChI=1S/C23H26N6O2/c1-15-12-25-20(26-15)16(2)27-22(31)23(11-17-7-4-3-5-8-17)13-29(14-23)21(30)18-9-6-10-19(24)28-18/h3-10,12,16H,11,13-14H2,1-2H3,(H2,24,28)(H,25,26)(H,27,31). The number of nitrogens with two attached hydrogens (primary N) is 1. The zero-order valence-corrected chi connectivity index (χ0v) is 17.6. The molecule has 1 fully saturated rings. The first kappa shape index (κ1) is 20.6. The summed E-state index contributed by atoms with van der Waals surface area (Å²) in [4.78, 5) is 39.5. The van der Waals surface area contributed by atoms with Crippen molar-refractivity contribution in [1.29, 1.82) is 0 Å². The highest BCUT2D eigenvalue weighted by Crippen LogP contribution is 2.36. The number of nitrogens with zero attached hydrogens (tertiary/aromatic N) is 3. The van der Waals surface area contributed by atoms with Crippen LogP contribution in [-0.4, -0.2) is 44.8 Å². The largest absolute Gasteiger partial charge is 0.384 e. The van der Waals surface area contributed by atoms with Crippen molar-refractivity contribution in [3.63, 3.8) is 0 Å².